The van der Waals surface area contributed by atoms with Crippen LogP contribution in [-0.2, 0) is 14.4 Å². The first-order chi connectivity index (χ1) is 9.54. The van der Waals surface area contributed by atoms with Crippen LogP contribution in [0, 0.1) is 11.3 Å². The third kappa shape index (κ3) is 9.05. The van der Waals surface area contributed by atoms with Crippen LogP contribution in [-0.4, -0.2) is 35.5 Å². The Kier molecular flexibility index (Phi) is 7.99. The second kappa shape index (κ2) is 8.64. The Labute approximate surface area is 126 Å². The molecule has 0 aromatic heterocycles. The van der Waals surface area contributed by atoms with Crippen molar-refractivity contribution in [1.82, 2.24) is 10.6 Å². The van der Waals surface area contributed by atoms with Crippen molar-refractivity contribution in [3.8, 4) is 0 Å². The fourth-order valence-corrected chi connectivity index (χ4v) is 1.68. The molecule has 3 N–H and O–H groups in total. The summed E-state index contributed by atoms with van der Waals surface area (Å²) in [5, 5.41) is 14.3. The molecule has 0 aliphatic carbocycles. The molecule has 6 nitrogen and oxygen atoms in total. The molecule has 0 radical (unpaired) electrons. The SMILES string of the molecule is CC(C)C[C@@H](NC(=O)CCCNC(=O)C(C)(C)C)C(=O)O. The number of carboxylic acid groups (broad SMARTS) is 1. The maximum absolute atomic E-state index is 11.7. The van der Waals surface area contributed by atoms with Crippen molar-refractivity contribution in [2.45, 2.75) is 59.9 Å². The Balaban J connectivity index is 4.04. The smallest absolute Gasteiger partial charge is 0.326 e. The summed E-state index contributed by atoms with van der Waals surface area (Å²) in [7, 11) is 0. The Bertz CT molecular complexity index is 372. The summed E-state index contributed by atoms with van der Waals surface area (Å²) in [6.07, 6.45) is 1.09. The molecule has 6 heteroatoms. The molecule has 0 fully saturated rings. The molecule has 0 spiro atoms. The van der Waals surface area contributed by atoms with Crippen LogP contribution < -0.4 is 10.6 Å². The zero-order valence-corrected chi connectivity index (χ0v) is 13.7. The molecule has 0 unspecified atom stereocenters. The van der Waals surface area contributed by atoms with Gasteiger partial charge in [0.15, 0.2) is 0 Å². The van der Waals surface area contributed by atoms with E-state index < -0.39 is 17.4 Å². The van der Waals surface area contributed by atoms with Crippen LogP contribution in [0.15, 0.2) is 0 Å². The largest absolute Gasteiger partial charge is 0.480 e. The van der Waals surface area contributed by atoms with Gasteiger partial charge in [-0.25, -0.2) is 4.79 Å². The number of nitrogens with one attached hydrogen (secondary N) is 2. The number of aliphatic carboxylic acids is 1. The standard InChI is InChI=1S/C15H28N2O4/c1-10(2)9-11(13(19)20)17-12(18)7-6-8-16-14(21)15(3,4)5/h10-11H,6-9H2,1-5H3,(H,16,21)(H,17,18)(H,19,20)/t11-/m1/s1. The zero-order chi connectivity index (χ0) is 16.6. The zero-order valence-electron chi connectivity index (χ0n) is 13.7. The molecular formula is C15H28N2O4. The maximum atomic E-state index is 11.7. The first-order valence-electron chi connectivity index (χ1n) is 7.34. The fourth-order valence-electron chi connectivity index (χ4n) is 1.68. The van der Waals surface area contributed by atoms with Gasteiger partial charge in [-0.1, -0.05) is 34.6 Å². The minimum absolute atomic E-state index is 0.0638. The molecule has 0 aliphatic heterocycles. The number of rotatable bonds is 8. The van der Waals surface area contributed by atoms with Crippen LogP contribution in [0.1, 0.15) is 53.9 Å². The van der Waals surface area contributed by atoms with E-state index in [1.807, 2.05) is 34.6 Å². The van der Waals surface area contributed by atoms with Crippen LogP contribution in [0.5, 0.6) is 0 Å². The predicted octanol–water partition coefficient (Wildman–Crippen LogP) is 1.54. The van der Waals surface area contributed by atoms with Crippen LogP contribution in [0.2, 0.25) is 0 Å². The van der Waals surface area contributed by atoms with Crippen LogP contribution in [0.3, 0.4) is 0 Å². The number of amides is 2. The lowest BCUT2D eigenvalue weighted by atomic mass is 9.96. The molecule has 2 amide bonds. The number of hydrogen-bond acceptors (Lipinski definition) is 3. The Hall–Kier alpha value is -1.59. The lowest BCUT2D eigenvalue weighted by Crippen LogP contribution is -2.42. The number of hydrogen-bond donors (Lipinski definition) is 3. The van der Waals surface area contributed by atoms with E-state index in [4.69, 9.17) is 5.11 Å². The second-order valence-corrected chi connectivity index (χ2v) is 6.70. The highest BCUT2D eigenvalue weighted by atomic mass is 16.4. The van der Waals surface area contributed by atoms with E-state index in [9.17, 15) is 14.4 Å². The summed E-state index contributed by atoms with van der Waals surface area (Å²) in [5.74, 6) is -1.19. The Morgan fingerprint density at radius 1 is 1.14 bits per heavy atom. The summed E-state index contributed by atoms with van der Waals surface area (Å²) in [6.45, 7) is 9.68. The second-order valence-electron chi connectivity index (χ2n) is 6.70. The minimum atomic E-state index is -1.02. The van der Waals surface area contributed by atoms with Gasteiger partial charge in [-0.3, -0.25) is 9.59 Å². The van der Waals surface area contributed by atoms with E-state index in [0.717, 1.165) is 0 Å². The third-order valence-electron chi connectivity index (χ3n) is 2.89. The van der Waals surface area contributed by atoms with Crippen molar-refractivity contribution in [2.24, 2.45) is 11.3 Å². The number of carboxylic acids is 1. The van der Waals surface area contributed by atoms with E-state index in [0.29, 0.717) is 19.4 Å². The summed E-state index contributed by atoms with van der Waals surface area (Å²) >= 11 is 0. The van der Waals surface area contributed by atoms with Crippen molar-refractivity contribution < 1.29 is 19.5 Å². The highest BCUT2D eigenvalue weighted by molar-refractivity contribution is 5.83. The quantitative estimate of drug-likeness (QED) is 0.593. The van der Waals surface area contributed by atoms with Crippen molar-refractivity contribution in [3.05, 3.63) is 0 Å². The van der Waals surface area contributed by atoms with Gasteiger partial charge in [-0.15, -0.1) is 0 Å². The molecule has 0 rings (SSSR count). The van der Waals surface area contributed by atoms with Gasteiger partial charge in [0.05, 0.1) is 0 Å². The fraction of sp³-hybridized carbons (Fsp3) is 0.800. The summed E-state index contributed by atoms with van der Waals surface area (Å²) in [5.41, 5.74) is -0.450. The van der Waals surface area contributed by atoms with Gasteiger partial charge in [0.2, 0.25) is 11.8 Å². The third-order valence-corrected chi connectivity index (χ3v) is 2.89. The summed E-state index contributed by atoms with van der Waals surface area (Å²) in [6, 6.07) is -0.846. The first kappa shape index (κ1) is 19.4. The first-order valence-corrected chi connectivity index (χ1v) is 7.34. The minimum Gasteiger partial charge on any atom is -0.480 e. The predicted molar refractivity (Wildman–Crippen MR) is 80.7 cm³/mol. The molecule has 0 bridgehead atoms. The van der Waals surface area contributed by atoms with Crippen LogP contribution in [0.4, 0.5) is 0 Å². The molecule has 0 heterocycles. The van der Waals surface area contributed by atoms with Crippen LogP contribution >= 0.6 is 0 Å². The maximum Gasteiger partial charge on any atom is 0.326 e. The van der Waals surface area contributed by atoms with E-state index in [2.05, 4.69) is 10.6 Å². The van der Waals surface area contributed by atoms with Gasteiger partial charge in [-0.05, 0) is 18.8 Å². The van der Waals surface area contributed by atoms with Gasteiger partial charge in [0, 0.05) is 18.4 Å². The lowest BCUT2D eigenvalue weighted by Gasteiger charge is -2.18. The Morgan fingerprint density at radius 3 is 2.14 bits per heavy atom. The lowest BCUT2D eigenvalue weighted by molar-refractivity contribution is -0.142. The van der Waals surface area contributed by atoms with Crippen molar-refractivity contribution in [2.75, 3.05) is 6.54 Å². The summed E-state index contributed by atoms with van der Waals surface area (Å²) < 4.78 is 0. The van der Waals surface area contributed by atoms with Crippen molar-refractivity contribution in [3.63, 3.8) is 0 Å². The van der Waals surface area contributed by atoms with Gasteiger partial charge < -0.3 is 15.7 Å². The van der Waals surface area contributed by atoms with Gasteiger partial charge in [0.25, 0.3) is 0 Å². The molecule has 0 saturated heterocycles. The molecule has 0 aliphatic rings. The highest BCUT2D eigenvalue weighted by Gasteiger charge is 2.22. The molecule has 0 saturated carbocycles. The average Bonchev–Trinajstić information content (AvgIpc) is 2.31. The molecule has 1 atom stereocenters. The molecule has 0 aromatic rings. The van der Waals surface area contributed by atoms with Gasteiger partial charge in [0.1, 0.15) is 6.04 Å². The van der Waals surface area contributed by atoms with E-state index in [-0.39, 0.29) is 24.2 Å². The van der Waals surface area contributed by atoms with Crippen LogP contribution in [0.25, 0.3) is 0 Å². The highest BCUT2D eigenvalue weighted by Crippen LogP contribution is 2.12. The topological polar surface area (TPSA) is 95.5 Å². The van der Waals surface area contributed by atoms with E-state index >= 15 is 0 Å². The van der Waals surface area contributed by atoms with Crippen molar-refractivity contribution >= 4 is 17.8 Å². The average molecular weight is 300 g/mol. The number of carbonyl (C=O) groups excluding carboxylic acids is 2. The van der Waals surface area contributed by atoms with Gasteiger partial charge >= 0.3 is 5.97 Å². The molecule has 21 heavy (non-hydrogen) atoms. The normalized spacial score (nSPS) is 12.9. The molecule has 0 aromatic carbocycles. The van der Waals surface area contributed by atoms with E-state index in [1.54, 1.807) is 0 Å². The van der Waals surface area contributed by atoms with Crippen molar-refractivity contribution in [1.29, 1.82) is 0 Å². The number of carbonyl (C=O) groups is 3. The monoisotopic (exact) mass is 300 g/mol. The van der Waals surface area contributed by atoms with Gasteiger partial charge in [-0.2, -0.15) is 0 Å². The molecular weight excluding hydrogens is 272 g/mol. The van der Waals surface area contributed by atoms with E-state index in [1.165, 1.54) is 0 Å². The Morgan fingerprint density at radius 2 is 1.71 bits per heavy atom. The molecule has 122 valence electrons. The summed E-state index contributed by atoms with van der Waals surface area (Å²) in [4.78, 5) is 34.3.